The number of halogens is 7. The van der Waals surface area contributed by atoms with Gasteiger partial charge in [-0.3, -0.25) is 14.3 Å². The second kappa shape index (κ2) is 12.1. The maximum Gasteiger partial charge on any atom is 0.420 e. The second-order valence-electron chi connectivity index (χ2n) is 8.64. The Bertz CT molecular complexity index is 1690. The van der Waals surface area contributed by atoms with Crippen LogP contribution in [0.3, 0.4) is 0 Å². The maximum atomic E-state index is 15.3. The summed E-state index contributed by atoms with van der Waals surface area (Å²) in [5.41, 5.74) is -5.32. The third-order valence-corrected chi connectivity index (χ3v) is 5.98. The van der Waals surface area contributed by atoms with Crippen molar-refractivity contribution in [1.82, 2.24) is 14.3 Å². The highest BCUT2D eigenvalue weighted by molar-refractivity contribution is 6.06. The van der Waals surface area contributed by atoms with Crippen LogP contribution in [0, 0.1) is 11.6 Å². The van der Waals surface area contributed by atoms with E-state index >= 15 is 8.78 Å². The van der Waals surface area contributed by atoms with Gasteiger partial charge in [0.2, 0.25) is 5.88 Å². The predicted octanol–water partition coefficient (Wildman–Crippen LogP) is 5.80. The van der Waals surface area contributed by atoms with Crippen LogP contribution in [0.25, 0.3) is 17.1 Å². The van der Waals surface area contributed by atoms with Gasteiger partial charge in [-0.2, -0.15) is 31.6 Å². The van der Waals surface area contributed by atoms with Gasteiger partial charge in [-0.1, -0.05) is 0 Å². The summed E-state index contributed by atoms with van der Waals surface area (Å²) in [4.78, 5) is 30.6. The quantitative estimate of drug-likeness (QED) is 0.240. The number of nitrogens with one attached hydrogen (secondary N) is 1. The van der Waals surface area contributed by atoms with Crippen LogP contribution in [-0.2, 0) is 13.2 Å². The number of anilines is 1. The van der Waals surface area contributed by atoms with Crippen molar-refractivity contribution >= 4 is 11.6 Å². The molecule has 9 nitrogen and oxygen atoms in total. The molecule has 4 aromatic rings. The zero-order chi connectivity index (χ0) is 31.6. The molecule has 1 amide bonds. The number of carbonyl (C=O) groups is 1. The van der Waals surface area contributed by atoms with E-state index in [-0.39, 0.29) is 29.5 Å². The lowest BCUT2D eigenvalue weighted by atomic mass is 10.1. The molecule has 0 saturated carbocycles. The summed E-state index contributed by atoms with van der Waals surface area (Å²) >= 11 is 0. The van der Waals surface area contributed by atoms with Crippen molar-refractivity contribution in [3.05, 3.63) is 81.6 Å². The van der Waals surface area contributed by atoms with Crippen molar-refractivity contribution < 1.29 is 49.7 Å². The first-order chi connectivity index (χ1) is 20.3. The summed E-state index contributed by atoms with van der Waals surface area (Å²) in [6, 6.07) is 7.22. The summed E-state index contributed by atoms with van der Waals surface area (Å²) in [6.45, 7) is -1.59. The first-order valence-corrected chi connectivity index (χ1v) is 12.2. The number of benzene rings is 2. The normalized spacial score (nSPS) is 11.5. The molecule has 0 spiro atoms. The van der Waals surface area contributed by atoms with Gasteiger partial charge in [-0.05, 0) is 37.3 Å². The van der Waals surface area contributed by atoms with Crippen molar-refractivity contribution in [2.24, 2.45) is 7.05 Å². The Kier molecular flexibility index (Phi) is 8.68. The number of amides is 1. The van der Waals surface area contributed by atoms with Crippen LogP contribution < -0.4 is 25.1 Å². The Balaban J connectivity index is 1.97. The highest BCUT2D eigenvalue weighted by atomic mass is 19.4. The lowest BCUT2D eigenvalue weighted by Gasteiger charge is -2.16. The summed E-state index contributed by atoms with van der Waals surface area (Å²) < 4.78 is 113. The third-order valence-electron chi connectivity index (χ3n) is 5.98. The Hall–Kier alpha value is -5.02. The van der Waals surface area contributed by atoms with Gasteiger partial charge < -0.3 is 19.5 Å². The van der Waals surface area contributed by atoms with E-state index in [9.17, 15) is 31.5 Å². The van der Waals surface area contributed by atoms with E-state index in [0.717, 1.165) is 56.6 Å². The molecule has 4 rings (SSSR count). The number of nitrogens with zero attached hydrogens (tertiary/aromatic N) is 3. The van der Waals surface area contributed by atoms with E-state index in [4.69, 9.17) is 9.47 Å². The molecular formula is C27H21F7N4O5. The van der Waals surface area contributed by atoms with E-state index in [0.29, 0.717) is 15.4 Å². The van der Waals surface area contributed by atoms with Gasteiger partial charge >= 0.3 is 12.8 Å². The average molecular weight is 614 g/mol. The molecule has 2 heterocycles. The Morgan fingerprint density at radius 2 is 1.65 bits per heavy atom. The molecule has 2 aromatic carbocycles. The Labute approximate surface area is 238 Å². The fraction of sp³-hybridized carbons (Fsp3) is 0.222. The summed E-state index contributed by atoms with van der Waals surface area (Å²) in [5, 5.41) is 2.18. The number of carbonyl (C=O) groups excluding carboxylic acids is 1. The van der Waals surface area contributed by atoms with Gasteiger partial charge in [0.05, 0.1) is 19.3 Å². The maximum absolute atomic E-state index is 15.3. The van der Waals surface area contributed by atoms with Crippen molar-refractivity contribution in [3.8, 4) is 34.5 Å². The minimum absolute atomic E-state index is 0.00973. The smallest absolute Gasteiger partial charge is 0.420 e. The van der Waals surface area contributed by atoms with E-state index < -0.39 is 64.2 Å². The molecule has 0 radical (unpaired) electrons. The standard InChI is InChI=1S/C27H21F7N4O5/c1-4-42-19-10-9-16(27(32,33)34)23(35-19)38-25(40)21(36-24(39)13-5-7-14(8-6-13)43-26(30)31)22(37(38)2)20-17(28)11-15(41-3)12-18(20)29/h5-12,26H,4H2,1-3H3,(H,36,39). The number of pyridine rings is 1. The first kappa shape index (κ1) is 30.9. The average Bonchev–Trinajstić information content (AvgIpc) is 3.16. The predicted molar refractivity (Wildman–Crippen MR) is 138 cm³/mol. The fourth-order valence-electron chi connectivity index (χ4n) is 4.15. The van der Waals surface area contributed by atoms with E-state index in [1.54, 1.807) is 6.92 Å². The molecule has 0 aliphatic heterocycles. The molecule has 0 aliphatic rings. The number of methoxy groups -OCH3 is 1. The minimum atomic E-state index is -5.04. The molecule has 0 unspecified atom stereocenters. The van der Waals surface area contributed by atoms with E-state index in [2.05, 4.69) is 15.0 Å². The van der Waals surface area contributed by atoms with Gasteiger partial charge in [0.25, 0.3) is 11.5 Å². The SMILES string of the molecule is CCOc1ccc(C(F)(F)F)c(-n2c(=O)c(NC(=O)c3ccc(OC(F)F)cc3)c(-c3c(F)cc(OC)cc3F)n2C)n1. The highest BCUT2D eigenvalue weighted by Gasteiger charge is 2.38. The van der Waals surface area contributed by atoms with Crippen molar-refractivity contribution in [2.75, 3.05) is 19.0 Å². The third kappa shape index (κ3) is 6.27. The van der Waals surface area contributed by atoms with E-state index in [1.165, 1.54) is 0 Å². The number of hydrogen-bond donors (Lipinski definition) is 1. The topological polar surface area (TPSA) is 96.6 Å². The lowest BCUT2D eigenvalue weighted by molar-refractivity contribution is -0.137. The van der Waals surface area contributed by atoms with Crippen molar-refractivity contribution in [1.29, 1.82) is 0 Å². The molecule has 0 fully saturated rings. The summed E-state index contributed by atoms with van der Waals surface area (Å²) in [7, 11) is 2.17. The van der Waals surface area contributed by atoms with Crippen LogP contribution in [0.1, 0.15) is 22.8 Å². The van der Waals surface area contributed by atoms with Crippen LogP contribution in [-0.4, -0.2) is 40.6 Å². The molecule has 0 aliphatic carbocycles. The Morgan fingerprint density at radius 1 is 1.02 bits per heavy atom. The van der Waals surface area contributed by atoms with Crippen LogP contribution in [0.5, 0.6) is 17.4 Å². The molecule has 2 aromatic heterocycles. The molecule has 0 atom stereocenters. The highest BCUT2D eigenvalue weighted by Crippen LogP contribution is 2.37. The van der Waals surface area contributed by atoms with Gasteiger partial charge in [-0.15, -0.1) is 0 Å². The first-order valence-electron chi connectivity index (χ1n) is 12.2. The van der Waals surface area contributed by atoms with Crippen LogP contribution in [0.2, 0.25) is 0 Å². The van der Waals surface area contributed by atoms with Crippen molar-refractivity contribution in [2.45, 2.75) is 19.7 Å². The van der Waals surface area contributed by atoms with Gasteiger partial charge in [-0.25, -0.2) is 8.78 Å². The molecule has 228 valence electrons. The molecule has 43 heavy (non-hydrogen) atoms. The number of aromatic nitrogens is 3. The molecular weight excluding hydrogens is 593 g/mol. The van der Waals surface area contributed by atoms with Crippen LogP contribution in [0.4, 0.5) is 36.4 Å². The lowest BCUT2D eigenvalue weighted by Crippen LogP contribution is -2.26. The van der Waals surface area contributed by atoms with E-state index in [1.807, 2.05) is 0 Å². The molecule has 0 saturated heterocycles. The number of ether oxygens (including phenoxy) is 3. The number of rotatable bonds is 9. The monoisotopic (exact) mass is 614 g/mol. The zero-order valence-corrected chi connectivity index (χ0v) is 22.4. The molecule has 16 heteroatoms. The summed E-state index contributed by atoms with van der Waals surface area (Å²) in [5.74, 6) is -5.46. The zero-order valence-electron chi connectivity index (χ0n) is 22.4. The van der Waals surface area contributed by atoms with Gasteiger partial charge in [0.15, 0.2) is 5.82 Å². The minimum Gasteiger partial charge on any atom is -0.497 e. The van der Waals surface area contributed by atoms with Crippen molar-refractivity contribution in [3.63, 3.8) is 0 Å². The van der Waals surface area contributed by atoms with Gasteiger partial charge in [0, 0.05) is 30.8 Å². The fourth-order valence-corrected chi connectivity index (χ4v) is 4.15. The molecule has 0 bridgehead atoms. The number of alkyl halides is 5. The van der Waals surface area contributed by atoms with Crippen LogP contribution >= 0.6 is 0 Å². The largest absolute Gasteiger partial charge is 0.497 e. The Morgan fingerprint density at radius 3 is 2.19 bits per heavy atom. The summed E-state index contributed by atoms with van der Waals surface area (Å²) in [6.07, 6.45) is -5.04. The number of hydrogen-bond acceptors (Lipinski definition) is 6. The molecule has 1 N–H and O–H groups in total. The van der Waals surface area contributed by atoms with Crippen LogP contribution in [0.15, 0.2) is 53.3 Å². The van der Waals surface area contributed by atoms with Gasteiger partial charge in [0.1, 0.15) is 40.1 Å². The second-order valence-corrected chi connectivity index (χ2v) is 8.64.